The summed E-state index contributed by atoms with van der Waals surface area (Å²) in [7, 11) is -3.24. The number of halogens is 1. The first-order valence-corrected chi connectivity index (χ1v) is 11.9. The van der Waals surface area contributed by atoms with Crippen molar-refractivity contribution >= 4 is 15.9 Å². The fraction of sp³-hybridized carbons (Fsp3) is 0.429. The van der Waals surface area contributed by atoms with Crippen LogP contribution in [0.25, 0.3) is 11.3 Å². The molecule has 0 bridgehead atoms. The lowest BCUT2D eigenvalue weighted by Crippen LogP contribution is -2.41. The van der Waals surface area contributed by atoms with Crippen molar-refractivity contribution in [2.75, 3.05) is 19.3 Å². The maximum Gasteiger partial charge on any atom is 0.407 e. The fourth-order valence-electron chi connectivity index (χ4n) is 4.20. The molecule has 160 valence electrons. The molecule has 2 aliphatic heterocycles. The molecule has 1 fully saturated rings. The van der Waals surface area contributed by atoms with Crippen LogP contribution < -0.4 is 4.74 Å². The molecule has 1 saturated heterocycles. The van der Waals surface area contributed by atoms with Gasteiger partial charge in [-0.25, -0.2) is 17.6 Å². The number of fused-ring (bicyclic) bond motifs is 1. The number of piperidine rings is 1. The van der Waals surface area contributed by atoms with Gasteiger partial charge in [-0.2, -0.15) is 0 Å². The van der Waals surface area contributed by atoms with Gasteiger partial charge in [-0.05, 0) is 42.5 Å². The average molecular weight is 434 g/mol. The summed E-state index contributed by atoms with van der Waals surface area (Å²) in [6, 6.07) is 6.21. The minimum Gasteiger partial charge on any atom is -0.488 e. The predicted molar refractivity (Wildman–Crippen MR) is 109 cm³/mol. The molecule has 1 N–H and O–H groups in total. The van der Waals surface area contributed by atoms with E-state index >= 15 is 0 Å². The van der Waals surface area contributed by atoms with Gasteiger partial charge in [0.1, 0.15) is 17.7 Å². The van der Waals surface area contributed by atoms with E-state index in [9.17, 15) is 17.6 Å². The largest absolute Gasteiger partial charge is 0.488 e. The van der Waals surface area contributed by atoms with Crippen molar-refractivity contribution in [1.29, 1.82) is 0 Å². The maximum atomic E-state index is 14.6. The smallest absolute Gasteiger partial charge is 0.407 e. The number of aromatic nitrogens is 1. The van der Waals surface area contributed by atoms with Gasteiger partial charge in [0.05, 0.1) is 17.6 Å². The van der Waals surface area contributed by atoms with Crippen LogP contribution in [0.5, 0.6) is 5.75 Å². The summed E-state index contributed by atoms with van der Waals surface area (Å²) in [5, 5.41) is 9.09. The molecule has 4 rings (SSSR count). The molecular formula is C21H23FN2O5S. The number of carbonyl (C=O) groups is 1. The zero-order valence-corrected chi connectivity index (χ0v) is 17.4. The van der Waals surface area contributed by atoms with E-state index in [0.717, 1.165) is 24.7 Å². The fourth-order valence-corrected chi connectivity index (χ4v) is 4.99. The van der Waals surface area contributed by atoms with E-state index < -0.39 is 21.7 Å². The van der Waals surface area contributed by atoms with Crippen LogP contribution in [0.3, 0.4) is 0 Å². The second-order valence-corrected chi connectivity index (χ2v) is 10.2. The Morgan fingerprint density at radius 2 is 2.03 bits per heavy atom. The van der Waals surface area contributed by atoms with Crippen molar-refractivity contribution in [3.8, 4) is 17.0 Å². The SMILES string of the molecule is CS(=O)(=O)Cc1ccc(-c2cc3c(cn2)O[C@H](C2CCN(C(=O)O)CC2)C3)c(F)c1. The highest BCUT2D eigenvalue weighted by Crippen LogP contribution is 2.37. The Bertz CT molecular complexity index is 1080. The molecular weight excluding hydrogens is 411 g/mol. The van der Waals surface area contributed by atoms with Gasteiger partial charge in [0.15, 0.2) is 9.84 Å². The molecule has 2 aliphatic rings. The minimum atomic E-state index is -3.24. The average Bonchev–Trinajstić information content (AvgIpc) is 3.10. The lowest BCUT2D eigenvalue weighted by atomic mass is 9.89. The van der Waals surface area contributed by atoms with Crippen molar-refractivity contribution in [3.63, 3.8) is 0 Å². The van der Waals surface area contributed by atoms with Crippen LogP contribution in [-0.4, -0.2) is 55.0 Å². The van der Waals surface area contributed by atoms with Crippen LogP contribution in [0.2, 0.25) is 0 Å². The summed E-state index contributed by atoms with van der Waals surface area (Å²) in [5.74, 6) is 0.222. The Morgan fingerprint density at radius 3 is 2.67 bits per heavy atom. The van der Waals surface area contributed by atoms with Gasteiger partial charge in [0.2, 0.25) is 0 Å². The Hall–Kier alpha value is -2.68. The molecule has 1 amide bonds. The van der Waals surface area contributed by atoms with Crippen molar-refractivity contribution in [2.24, 2.45) is 5.92 Å². The van der Waals surface area contributed by atoms with E-state index in [1.54, 1.807) is 18.3 Å². The van der Waals surface area contributed by atoms with Crippen molar-refractivity contribution < 1.29 is 27.4 Å². The molecule has 1 aromatic heterocycles. The second kappa shape index (κ2) is 7.86. The molecule has 0 aliphatic carbocycles. The molecule has 0 unspecified atom stereocenters. The highest BCUT2D eigenvalue weighted by atomic mass is 32.2. The van der Waals surface area contributed by atoms with Gasteiger partial charge < -0.3 is 14.7 Å². The number of ether oxygens (including phenoxy) is 1. The monoisotopic (exact) mass is 434 g/mol. The first kappa shape index (κ1) is 20.6. The van der Waals surface area contributed by atoms with E-state index in [1.807, 2.05) is 6.07 Å². The van der Waals surface area contributed by atoms with Crippen LogP contribution in [-0.2, 0) is 22.0 Å². The van der Waals surface area contributed by atoms with Crippen LogP contribution in [0, 0.1) is 11.7 Å². The van der Waals surface area contributed by atoms with Gasteiger partial charge in [-0.3, -0.25) is 4.98 Å². The Morgan fingerprint density at radius 1 is 1.30 bits per heavy atom. The van der Waals surface area contributed by atoms with E-state index in [0.29, 0.717) is 42.1 Å². The highest BCUT2D eigenvalue weighted by molar-refractivity contribution is 7.89. The van der Waals surface area contributed by atoms with Crippen molar-refractivity contribution in [3.05, 3.63) is 47.4 Å². The Balaban J connectivity index is 1.48. The third-order valence-corrected chi connectivity index (χ3v) is 6.58. The number of benzene rings is 1. The highest BCUT2D eigenvalue weighted by Gasteiger charge is 2.34. The standard InChI is InChI=1S/C21H23FN2O5S/c1-30(27,28)12-13-2-3-16(17(22)8-13)18-9-15-10-19(29-20(15)11-23-18)14-4-6-24(7-5-14)21(25)26/h2-3,8-9,11,14,19H,4-7,10,12H2,1H3,(H,25,26)/t19-/m0/s1. The van der Waals surface area contributed by atoms with Crippen LogP contribution in [0.15, 0.2) is 30.5 Å². The number of sulfone groups is 1. The zero-order chi connectivity index (χ0) is 21.5. The van der Waals surface area contributed by atoms with Crippen molar-refractivity contribution in [1.82, 2.24) is 9.88 Å². The number of hydrogen-bond acceptors (Lipinski definition) is 5. The van der Waals surface area contributed by atoms with Crippen LogP contribution in [0.4, 0.5) is 9.18 Å². The molecule has 2 aromatic rings. The van der Waals surface area contributed by atoms with E-state index in [4.69, 9.17) is 9.84 Å². The first-order valence-electron chi connectivity index (χ1n) is 9.79. The van der Waals surface area contributed by atoms with Gasteiger partial charge in [0, 0.05) is 36.9 Å². The van der Waals surface area contributed by atoms with Crippen molar-refractivity contribution in [2.45, 2.75) is 31.1 Å². The van der Waals surface area contributed by atoms with Gasteiger partial charge in [-0.15, -0.1) is 0 Å². The molecule has 0 spiro atoms. The summed E-state index contributed by atoms with van der Waals surface area (Å²) < 4.78 is 43.5. The van der Waals surface area contributed by atoms with Crippen LogP contribution >= 0.6 is 0 Å². The summed E-state index contributed by atoms with van der Waals surface area (Å²) in [6.45, 7) is 1.01. The third kappa shape index (κ3) is 4.40. The van der Waals surface area contributed by atoms with Gasteiger partial charge in [0.25, 0.3) is 0 Å². The molecule has 0 saturated carbocycles. The van der Waals surface area contributed by atoms with Gasteiger partial charge in [-0.1, -0.05) is 6.07 Å². The number of amides is 1. The Labute approximate surface area is 174 Å². The third-order valence-electron chi connectivity index (χ3n) is 5.72. The van der Waals surface area contributed by atoms with E-state index in [1.165, 1.54) is 11.0 Å². The normalized spacial score (nSPS) is 19.4. The quantitative estimate of drug-likeness (QED) is 0.794. The first-order chi connectivity index (χ1) is 14.2. The molecule has 1 aromatic carbocycles. The Kier molecular flexibility index (Phi) is 5.40. The van der Waals surface area contributed by atoms with E-state index in [-0.39, 0.29) is 17.8 Å². The summed E-state index contributed by atoms with van der Waals surface area (Å²) >= 11 is 0. The lowest BCUT2D eigenvalue weighted by Gasteiger charge is -2.32. The summed E-state index contributed by atoms with van der Waals surface area (Å²) in [6.07, 6.45) is 3.97. The molecule has 1 atom stereocenters. The maximum absolute atomic E-state index is 14.6. The molecule has 9 heteroatoms. The number of pyridine rings is 1. The summed E-state index contributed by atoms with van der Waals surface area (Å²) in [4.78, 5) is 16.8. The number of rotatable bonds is 4. The molecule has 7 nitrogen and oxygen atoms in total. The van der Waals surface area contributed by atoms with Gasteiger partial charge >= 0.3 is 6.09 Å². The molecule has 30 heavy (non-hydrogen) atoms. The number of carboxylic acid groups (broad SMARTS) is 1. The molecule has 3 heterocycles. The number of hydrogen-bond donors (Lipinski definition) is 1. The zero-order valence-electron chi connectivity index (χ0n) is 16.5. The lowest BCUT2D eigenvalue weighted by molar-refractivity contribution is 0.0834. The summed E-state index contributed by atoms with van der Waals surface area (Å²) in [5.41, 5.74) is 2.14. The molecule has 0 radical (unpaired) electrons. The number of nitrogens with zero attached hydrogens (tertiary/aromatic N) is 2. The topological polar surface area (TPSA) is 96.8 Å². The predicted octanol–water partition coefficient (Wildman–Crippen LogP) is 3.13. The van der Waals surface area contributed by atoms with E-state index in [2.05, 4.69) is 4.98 Å². The minimum absolute atomic E-state index is 0.0324. The number of likely N-dealkylation sites (tertiary alicyclic amines) is 1. The van der Waals surface area contributed by atoms with Crippen LogP contribution in [0.1, 0.15) is 24.0 Å². The second-order valence-electron chi connectivity index (χ2n) is 8.03.